The van der Waals surface area contributed by atoms with Gasteiger partial charge in [-0.15, -0.1) is 0 Å². The van der Waals surface area contributed by atoms with Crippen LogP contribution in [0.25, 0.3) is 10.9 Å². The zero-order chi connectivity index (χ0) is 21.1. The summed E-state index contributed by atoms with van der Waals surface area (Å²) in [5.41, 5.74) is 1.47. The first-order valence-electron chi connectivity index (χ1n) is 10.0. The number of aromatic carboxylic acids is 1. The maximum absolute atomic E-state index is 13.1. The molecule has 7 heteroatoms. The van der Waals surface area contributed by atoms with Crippen LogP contribution >= 0.6 is 0 Å². The molecule has 0 saturated carbocycles. The minimum atomic E-state index is -1.04. The summed E-state index contributed by atoms with van der Waals surface area (Å²) in [5, 5.41) is 13.0. The highest BCUT2D eigenvalue weighted by molar-refractivity contribution is 6.08. The van der Waals surface area contributed by atoms with Gasteiger partial charge in [0.2, 0.25) is 0 Å². The van der Waals surface area contributed by atoms with Gasteiger partial charge in [0, 0.05) is 29.7 Å². The number of pyridine rings is 1. The molecule has 2 heterocycles. The van der Waals surface area contributed by atoms with Crippen LogP contribution in [0.1, 0.15) is 46.4 Å². The van der Waals surface area contributed by atoms with E-state index in [1.54, 1.807) is 24.3 Å². The normalized spacial score (nSPS) is 14.4. The largest absolute Gasteiger partial charge is 0.478 e. The number of carbonyl (C=O) groups excluding carboxylic acids is 1. The summed E-state index contributed by atoms with van der Waals surface area (Å²) in [7, 11) is 0. The number of amides is 1. The molecule has 0 atom stereocenters. The summed E-state index contributed by atoms with van der Waals surface area (Å²) in [6, 6.07) is 11.8. The second-order valence-corrected chi connectivity index (χ2v) is 7.43. The fourth-order valence-corrected chi connectivity index (χ4v) is 3.73. The second kappa shape index (κ2) is 8.49. The van der Waals surface area contributed by atoms with Crippen molar-refractivity contribution in [2.24, 2.45) is 0 Å². The number of fused-ring (bicyclic) bond motifs is 1. The number of aromatic nitrogens is 1. The van der Waals surface area contributed by atoms with Crippen molar-refractivity contribution in [1.29, 1.82) is 0 Å². The Morgan fingerprint density at radius 1 is 0.967 bits per heavy atom. The molecule has 4 rings (SSSR count). The average Bonchev–Trinajstić information content (AvgIpc) is 3.03. The monoisotopic (exact) mass is 407 g/mol. The van der Waals surface area contributed by atoms with Crippen LogP contribution in [0.3, 0.4) is 0 Å². The summed E-state index contributed by atoms with van der Waals surface area (Å²) in [4.78, 5) is 31.2. The van der Waals surface area contributed by atoms with Gasteiger partial charge in [0.1, 0.15) is 11.6 Å². The number of carboxylic acids is 1. The van der Waals surface area contributed by atoms with Crippen molar-refractivity contribution in [1.82, 2.24) is 4.98 Å². The van der Waals surface area contributed by atoms with Gasteiger partial charge in [0.25, 0.3) is 5.91 Å². The van der Waals surface area contributed by atoms with Gasteiger partial charge in [0.15, 0.2) is 0 Å². The molecule has 0 radical (unpaired) electrons. The van der Waals surface area contributed by atoms with Gasteiger partial charge >= 0.3 is 5.97 Å². The van der Waals surface area contributed by atoms with E-state index in [1.165, 1.54) is 37.1 Å². The van der Waals surface area contributed by atoms with Gasteiger partial charge in [-0.1, -0.05) is 12.8 Å². The molecule has 0 spiro atoms. The van der Waals surface area contributed by atoms with Crippen molar-refractivity contribution in [3.05, 3.63) is 65.5 Å². The summed E-state index contributed by atoms with van der Waals surface area (Å²) in [5.74, 6) is -1.19. The Bertz CT molecular complexity index is 1090. The SMILES string of the molecule is O=C(Nc1ccc2nc(N3CCCCCC3)cc(C(=O)O)c2c1)c1ccc(F)cc1. The molecule has 0 bridgehead atoms. The first-order valence-corrected chi connectivity index (χ1v) is 10.0. The maximum Gasteiger partial charge on any atom is 0.336 e. The van der Waals surface area contributed by atoms with Crippen LogP contribution in [0.4, 0.5) is 15.9 Å². The maximum atomic E-state index is 13.1. The lowest BCUT2D eigenvalue weighted by molar-refractivity contribution is 0.0698. The Balaban J connectivity index is 1.66. The Kier molecular flexibility index (Phi) is 5.61. The standard InChI is InChI=1S/C23H22FN3O3/c24-16-7-5-15(6-8-16)22(28)25-17-9-10-20-18(13-17)19(23(29)30)14-21(26-20)27-11-3-1-2-4-12-27/h5-10,13-14H,1-4,11-12H2,(H,25,28)(H,29,30). The van der Waals surface area contributed by atoms with Gasteiger partial charge in [-0.3, -0.25) is 4.79 Å². The Morgan fingerprint density at radius 3 is 2.33 bits per heavy atom. The van der Waals surface area contributed by atoms with E-state index in [1.807, 2.05) is 0 Å². The first-order chi connectivity index (χ1) is 14.5. The van der Waals surface area contributed by atoms with Crippen molar-refractivity contribution in [2.75, 3.05) is 23.3 Å². The average molecular weight is 407 g/mol. The number of benzene rings is 2. The summed E-state index contributed by atoms with van der Waals surface area (Å²) in [6.45, 7) is 1.73. The molecule has 30 heavy (non-hydrogen) atoms. The van der Waals surface area contributed by atoms with E-state index in [2.05, 4.69) is 15.2 Å². The number of hydrogen-bond donors (Lipinski definition) is 2. The number of nitrogens with zero attached hydrogens (tertiary/aromatic N) is 2. The van der Waals surface area contributed by atoms with E-state index < -0.39 is 17.7 Å². The smallest absolute Gasteiger partial charge is 0.336 e. The number of hydrogen-bond acceptors (Lipinski definition) is 4. The molecule has 3 aromatic rings. The highest BCUT2D eigenvalue weighted by Crippen LogP contribution is 2.27. The number of nitrogens with one attached hydrogen (secondary N) is 1. The molecular weight excluding hydrogens is 385 g/mol. The predicted octanol–water partition coefficient (Wildman–Crippen LogP) is 4.70. The fourth-order valence-electron chi connectivity index (χ4n) is 3.73. The van der Waals surface area contributed by atoms with E-state index in [9.17, 15) is 19.1 Å². The van der Waals surface area contributed by atoms with Crippen LogP contribution in [0.15, 0.2) is 48.5 Å². The van der Waals surface area contributed by atoms with Gasteiger partial charge in [-0.25, -0.2) is 14.2 Å². The molecule has 2 aromatic carbocycles. The van der Waals surface area contributed by atoms with Crippen molar-refractivity contribution in [2.45, 2.75) is 25.7 Å². The Morgan fingerprint density at radius 2 is 1.67 bits per heavy atom. The molecule has 1 amide bonds. The van der Waals surface area contributed by atoms with E-state index in [4.69, 9.17) is 0 Å². The zero-order valence-corrected chi connectivity index (χ0v) is 16.4. The van der Waals surface area contributed by atoms with Crippen LogP contribution < -0.4 is 10.2 Å². The van der Waals surface area contributed by atoms with Crippen molar-refractivity contribution < 1.29 is 19.1 Å². The lowest BCUT2D eigenvalue weighted by Gasteiger charge is -2.22. The van der Waals surface area contributed by atoms with Gasteiger partial charge < -0.3 is 15.3 Å². The van der Waals surface area contributed by atoms with Crippen LogP contribution in [0.5, 0.6) is 0 Å². The Hall–Kier alpha value is -3.48. The van der Waals surface area contributed by atoms with E-state index in [0.717, 1.165) is 25.9 Å². The zero-order valence-electron chi connectivity index (χ0n) is 16.4. The Labute approximate surface area is 173 Å². The molecule has 1 fully saturated rings. The minimum absolute atomic E-state index is 0.150. The molecule has 2 N–H and O–H groups in total. The fraction of sp³-hybridized carbons (Fsp3) is 0.261. The summed E-state index contributed by atoms with van der Waals surface area (Å²) < 4.78 is 13.1. The molecule has 0 aliphatic carbocycles. The second-order valence-electron chi connectivity index (χ2n) is 7.43. The quantitative estimate of drug-likeness (QED) is 0.655. The van der Waals surface area contributed by atoms with Crippen LogP contribution in [0.2, 0.25) is 0 Å². The van der Waals surface area contributed by atoms with Crippen LogP contribution in [0, 0.1) is 5.82 Å². The molecule has 1 aliphatic rings. The van der Waals surface area contributed by atoms with E-state index in [-0.39, 0.29) is 5.56 Å². The lowest BCUT2D eigenvalue weighted by Crippen LogP contribution is -2.25. The highest BCUT2D eigenvalue weighted by Gasteiger charge is 2.18. The minimum Gasteiger partial charge on any atom is -0.478 e. The van der Waals surface area contributed by atoms with E-state index >= 15 is 0 Å². The summed E-state index contributed by atoms with van der Waals surface area (Å²) >= 11 is 0. The molecule has 1 aliphatic heterocycles. The third-order valence-corrected chi connectivity index (χ3v) is 5.32. The molecule has 0 unspecified atom stereocenters. The number of carboxylic acid groups (broad SMARTS) is 1. The third-order valence-electron chi connectivity index (χ3n) is 5.32. The van der Waals surface area contributed by atoms with Gasteiger partial charge in [0.05, 0.1) is 11.1 Å². The molecule has 154 valence electrons. The number of anilines is 2. The van der Waals surface area contributed by atoms with E-state index in [0.29, 0.717) is 28.0 Å². The van der Waals surface area contributed by atoms with Crippen molar-refractivity contribution >= 4 is 34.3 Å². The molecular formula is C23H22FN3O3. The molecule has 6 nitrogen and oxygen atoms in total. The predicted molar refractivity (Wildman–Crippen MR) is 114 cm³/mol. The van der Waals surface area contributed by atoms with Crippen LogP contribution in [-0.4, -0.2) is 35.1 Å². The highest BCUT2D eigenvalue weighted by atomic mass is 19.1. The van der Waals surface area contributed by atoms with Crippen molar-refractivity contribution in [3.8, 4) is 0 Å². The number of carbonyl (C=O) groups is 2. The van der Waals surface area contributed by atoms with Crippen molar-refractivity contribution in [3.63, 3.8) is 0 Å². The topological polar surface area (TPSA) is 82.5 Å². The first kappa shape index (κ1) is 19.8. The number of halogens is 1. The molecule has 1 saturated heterocycles. The van der Waals surface area contributed by atoms with Gasteiger partial charge in [-0.2, -0.15) is 0 Å². The lowest BCUT2D eigenvalue weighted by atomic mass is 10.1. The van der Waals surface area contributed by atoms with Gasteiger partial charge in [-0.05, 0) is 61.4 Å². The molecule has 1 aromatic heterocycles. The number of rotatable bonds is 4. The third kappa shape index (κ3) is 4.25. The van der Waals surface area contributed by atoms with Crippen LogP contribution in [-0.2, 0) is 0 Å². The summed E-state index contributed by atoms with van der Waals surface area (Å²) in [6.07, 6.45) is 4.48.